The van der Waals surface area contributed by atoms with Crippen molar-refractivity contribution < 1.29 is 18.7 Å². The fourth-order valence-corrected chi connectivity index (χ4v) is 4.70. The highest BCUT2D eigenvalue weighted by Crippen LogP contribution is 2.34. The van der Waals surface area contributed by atoms with E-state index in [1.54, 1.807) is 24.3 Å². The van der Waals surface area contributed by atoms with Gasteiger partial charge in [0, 0.05) is 5.56 Å². The minimum absolute atomic E-state index is 0.0944. The van der Waals surface area contributed by atoms with Crippen molar-refractivity contribution in [3.05, 3.63) is 118 Å². The number of carbonyl (C=O) groups excluding carboxylic acids is 2. The third-order valence-corrected chi connectivity index (χ3v) is 6.50. The first-order valence-corrected chi connectivity index (χ1v) is 11.6. The van der Waals surface area contributed by atoms with Crippen molar-refractivity contribution in [1.82, 2.24) is 4.90 Å². The average molecular weight is 470 g/mol. The fraction of sp³-hybridized carbons (Fsp3) is 0.0714. The van der Waals surface area contributed by atoms with Crippen LogP contribution >= 0.6 is 11.8 Å². The quantitative estimate of drug-likeness (QED) is 0.292. The molecule has 6 heteroatoms. The van der Waals surface area contributed by atoms with Crippen LogP contribution in [0.25, 0.3) is 16.8 Å². The monoisotopic (exact) mass is 469 g/mol. The lowest BCUT2D eigenvalue weighted by atomic mass is 10.1. The molecule has 0 spiro atoms. The zero-order chi connectivity index (χ0) is 23.5. The van der Waals surface area contributed by atoms with Crippen LogP contribution < -0.4 is 4.74 Å². The summed E-state index contributed by atoms with van der Waals surface area (Å²) >= 11 is 0.854. The summed E-state index contributed by atoms with van der Waals surface area (Å²) in [6.45, 7) is 0.312. The number of benzene rings is 4. The number of halogens is 1. The number of nitrogens with zero attached hydrogens (tertiary/aromatic N) is 1. The number of rotatable bonds is 6. The van der Waals surface area contributed by atoms with E-state index in [4.69, 9.17) is 4.74 Å². The molecular weight excluding hydrogens is 449 g/mol. The Morgan fingerprint density at radius 2 is 1.59 bits per heavy atom. The molecule has 0 saturated carbocycles. The van der Waals surface area contributed by atoms with Crippen molar-refractivity contribution in [3.63, 3.8) is 0 Å². The van der Waals surface area contributed by atoms with Crippen molar-refractivity contribution in [3.8, 4) is 5.75 Å². The lowest BCUT2D eigenvalue weighted by molar-refractivity contribution is -0.123. The lowest BCUT2D eigenvalue weighted by Gasteiger charge is -2.12. The van der Waals surface area contributed by atoms with E-state index in [1.807, 2.05) is 48.5 Å². The van der Waals surface area contributed by atoms with Crippen LogP contribution in [0, 0.1) is 5.82 Å². The van der Waals surface area contributed by atoms with E-state index < -0.39 is 17.0 Å². The Kier molecular flexibility index (Phi) is 6.14. The number of fused-ring (bicyclic) bond motifs is 1. The van der Waals surface area contributed by atoms with Gasteiger partial charge in [-0.2, -0.15) is 0 Å². The van der Waals surface area contributed by atoms with Crippen molar-refractivity contribution in [2.75, 3.05) is 0 Å². The number of imide groups is 1. The Balaban J connectivity index is 1.31. The zero-order valence-electron chi connectivity index (χ0n) is 18.1. The van der Waals surface area contributed by atoms with Crippen LogP contribution in [0.5, 0.6) is 5.75 Å². The molecule has 0 atom stereocenters. The summed E-state index contributed by atoms with van der Waals surface area (Å²) < 4.78 is 20.0. The standard InChI is InChI=1S/C28H20FNO3S/c29-25-14-4-2-9-21(25)17-30-27(31)26(34-28(30)32)16-19-7-5-12-23(15-19)33-18-22-11-6-10-20-8-1-3-13-24(20)22/h1-16H,17-18H2/b26-16-. The molecule has 168 valence electrons. The number of hydrogen-bond donors (Lipinski definition) is 0. The molecule has 0 radical (unpaired) electrons. The first-order valence-electron chi connectivity index (χ1n) is 10.8. The molecule has 34 heavy (non-hydrogen) atoms. The van der Waals surface area contributed by atoms with Gasteiger partial charge in [0.25, 0.3) is 11.1 Å². The van der Waals surface area contributed by atoms with Gasteiger partial charge in [-0.3, -0.25) is 14.5 Å². The molecule has 0 bridgehead atoms. The second-order valence-electron chi connectivity index (χ2n) is 7.86. The first-order chi connectivity index (χ1) is 16.6. The van der Waals surface area contributed by atoms with Crippen LogP contribution in [-0.4, -0.2) is 16.0 Å². The minimum Gasteiger partial charge on any atom is -0.489 e. The van der Waals surface area contributed by atoms with Crippen LogP contribution in [0.15, 0.2) is 95.9 Å². The Morgan fingerprint density at radius 3 is 2.47 bits per heavy atom. The molecule has 0 N–H and O–H groups in total. The third-order valence-electron chi connectivity index (χ3n) is 5.59. The summed E-state index contributed by atoms with van der Waals surface area (Å²) in [5, 5.41) is 1.89. The van der Waals surface area contributed by atoms with E-state index >= 15 is 0 Å². The van der Waals surface area contributed by atoms with Crippen LogP contribution in [0.2, 0.25) is 0 Å². The van der Waals surface area contributed by atoms with Crippen LogP contribution in [-0.2, 0) is 17.9 Å². The normalized spacial score (nSPS) is 14.9. The molecule has 4 nitrogen and oxygen atoms in total. The van der Waals surface area contributed by atoms with E-state index in [1.165, 1.54) is 6.07 Å². The molecule has 0 unspecified atom stereocenters. The van der Waals surface area contributed by atoms with Gasteiger partial charge in [0.15, 0.2) is 0 Å². The molecule has 0 aromatic heterocycles. The maximum Gasteiger partial charge on any atom is 0.293 e. The number of carbonyl (C=O) groups is 2. The van der Waals surface area contributed by atoms with Gasteiger partial charge >= 0.3 is 0 Å². The van der Waals surface area contributed by atoms with Crippen molar-refractivity contribution in [1.29, 1.82) is 0 Å². The van der Waals surface area contributed by atoms with Crippen LogP contribution in [0.4, 0.5) is 9.18 Å². The van der Waals surface area contributed by atoms with Gasteiger partial charge in [0.2, 0.25) is 0 Å². The smallest absolute Gasteiger partial charge is 0.293 e. The van der Waals surface area contributed by atoms with Crippen LogP contribution in [0.1, 0.15) is 16.7 Å². The Labute approximate surface area is 200 Å². The summed E-state index contributed by atoms with van der Waals surface area (Å²) in [6.07, 6.45) is 1.66. The van der Waals surface area contributed by atoms with E-state index in [0.29, 0.717) is 22.8 Å². The SMILES string of the molecule is O=C1S/C(=C\c2cccc(OCc3cccc4ccccc34)c2)C(=O)N1Cc1ccccc1F. The van der Waals surface area contributed by atoms with Gasteiger partial charge < -0.3 is 4.74 Å². The summed E-state index contributed by atoms with van der Waals surface area (Å²) in [6, 6.07) is 27.8. The summed E-state index contributed by atoms with van der Waals surface area (Å²) in [7, 11) is 0. The average Bonchev–Trinajstić information content (AvgIpc) is 3.11. The van der Waals surface area contributed by atoms with E-state index in [-0.39, 0.29) is 6.54 Å². The molecule has 0 aliphatic carbocycles. The van der Waals surface area contributed by atoms with Gasteiger partial charge in [0.05, 0.1) is 11.4 Å². The highest BCUT2D eigenvalue weighted by atomic mass is 32.2. The molecule has 2 amide bonds. The molecule has 4 aromatic rings. The second kappa shape index (κ2) is 9.53. The summed E-state index contributed by atoms with van der Waals surface area (Å²) in [5.41, 5.74) is 2.12. The summed E-state index contributed by atoms with van der Waals surface area (Å²) in [5.74, 6) is -0.214. The number of amides is 2. The van der Waals surface area contributed by atoms with E-state index in [9.17, 15) is 14.0 Å². The largest absolute Gasteiger partial charge is 0.489 e. The highest BCUT2D eigenvalue weighted by Gasteiger charge is 2.35. The molecule has 1 aliphatic heterocycles. The van der Waals surface area contributed by atoms with Gasteiger partial charge in [-0.25, -0.2) is 4.39 Å². The van der Waals surface area contributed by atoms with Crippen molar-refractivity contribution in [2.45, 2.75) is 13.2 Å². The Morgan fingerprint density at radius 1 is 0.853 bits per heavy atom. The predicted molar refractivity (Wildman–Crippen MR) is 133 cm³/mol. The molecule has 5 rings (SSSR count). The first kappa shape index (κ1) is 21.9. The minimum atomic E-state index is -0.443. The molecular formula is C28H20FNO3S. The molecule has 1 fully saturated rings. The summed E-state index contributed by atoms with van der Waals surface area (Å²) in [4.78, 5) is 26.6. The molecule has 4 aromatic carbocycles. The third kappa shape index (κ3) is 4.58. The maximum atomic E-state index is 14.0. The molecule has 1 saturated heterocycles. The predicted octanol–water partition coefficient (Wildman–Crippen LogP) is 6.79. The van der Waals surface area contributed by atoms with E-state index in [0.717, 1.165) is 38.6 Å². The number of ether oxygens (including phenoxy) is 1. The van der Waals surface area contributed by atoms with Gasteiger partial charge in [-0.05, 0) is 57.9 Å². The number of hydrogen-bond acceptors (Lipinski definition) is 4. The van der Waals surface area contributed by atoms with Crippen LogP contribution in [0.3, 0.4) is 0 Å². The molecule has 1 heterocycles. The van der Waals surface area contributed by atoms with Crippen molar-refractivity contribution in [2.24, 2.45) is 0 Å². The van der Waals surface area contributed by atoms with Gasteiger partial charge in [-0.15, -0.1) is 0 Å². The van der Waals surface area contributed by atoms with Crippen molar-refractivity contribution >= 4 is 39.8 Å². The lowest BCUT2D eigenvalue weighted by Crippen LogP contribution is -2.27. The Bertz CT molecular complexity index is 1430. The second-order valence-corrected chi connectivity index (χ2v) is 8.85. The van der Waals surface area contributed by atoms with Gasteiger partial charge in [-0.1, -0.05) is 72.8 Å². The van der Waals surface area contributed by atoms with E-state index in [2.05, 4.69) is 18.2 Å². The number of thioether (sulfide) groups is 1. The topological polar surface area (TPSA) is 46.6 Å². The maximum absolute atomic E-state index is 14.0. The highest BCUT2D eigenvalue weighted by molar-refractivity contribution is 8.18. The fourth-order valence-electron chi connectivity index (χ4n) is 3.86. The Hall–Kier alpha value is -3.90. The molecule has 1 aliphatic rings. The van der Waals surface area contributed by atoms with Gasteiger partial charge in [0.1, 0.15) is 18.2 Å². The zero-order valence-corrected chi connectivity index (χ0v) is 18.9.